The standard InChI is InChI=1S/C16H18NO.3C4H9.Sn/c1-17-13-12-16(14-8-4-2-5-9-14)18-15-10-6-3-7-11-15;3*1-3-4-2;/h2-10,16-17H,12-13H2,1H3;3*1,3-4H2,2H3;/t16-;;;;/m1..../s1. The number of nitrogens with one attached hydrogen (secondary N) is 1. The topological polar surface area (TPSA) is 21.3 Å². The molecule has 0 aliphatic carbocycles. The van der Waals surface area contributed by atoms with Crippen molar-refractivity contribution in [2.24, 2.45) is 0 Å². The quantitative estimate of drug-likeness (QED) is 0.228. The van der Waals surface area contributed by atoms with Gasteiger partial charge in [-0.1, -0.05) is 0 Å². The number of hydrogen-bond donors (Lipinski definition) is 1. The molecule has 0 saturated heterocycles. The van der Waals surface area contributed by atoms with E-state index in [9.17, 15) is 0 Å². The molecule has 0 heterocycles. The Labute approximate surface area is 196 Å². The van der Waals surface area contributed by atoms with E-state index in [1.807, 2.05) is 7.05 Å². The number of benzene rings is 2. The van der Waals surface area contributed by atoms with E-state index in [2.05, 4.69) is 80.7 Å². The van der Waals surface area contributed by atoms with Gasteiger partial charge in [-0.05, 0) is 0 Å². The Morgan fingerprint density at radius 1 is 0.774 bits per heavy atom. The maximum atomic E-state index is 6.89. The first-order valence-electron chi connectivity index (χ1n) is 12.7. The van der Waals surface area contributed by atoms with Gasteiger partial charge < -0.3 is 0 Å². The minimum atomic E-state index is -2.56. The zero-order valence-electron chi connectivity index (χ0n) is 20.5. The number of rotatable bonds is 16. The molecule has 31 heavy (non-hydrogen) atoms. The molecule has 1 N–H and O–H groups in total. The van der Waals surface area contributed by atoms with E-state index in [4.69, 9.17) is 4.74 Å². The van der Waals surface area contributed by atoms with Gasteiger partial charge in [-0.2, -0.15) is 0 Å². The summed E-state index contributed by atoms with van der Waals surface area (Å²) < 4.78 is 13.0. The summed E-state index contributed by atoms with van der Waals surface area (Å²) in [4.78, 5) is 0. The zero-order valence-corrected chi connectivity index (χ0v) is 23.3. The van der Waals surface area contributed by atoms with Crippen molar-refractivity contribution in [2.75, 3.05) is 13.6 Å². The summed E-state index contributed by atoms with van der Waals surface area (Å²) in [6.45, 7) is 8.00. The summed E-state index contributed by atoms with van der Waals surface area (Å²) in [5, 5.41) is 3.32. The van der Waals surface area contributed by atoms with Gasteiger partial charge in [0, 0.05) is 0 Å². The Bertz CT molecular complexity index is 696. The first-order valence-corrected chi connectivity index (χ1v) is 20.1. The molecule has 2 rings (SSSR count). The Kier molecular flexibility index (Phi) is 12.7. The van der Waals surface area contributed by atoms with E-state index in [0.29, 0.717) is 0 Å². The van der Waals surface area contributed by atoms with Gasteiger partial charge in [-0.15, -0.1) is 0 Å². The van der Waals surface area contributed by atoms with E-state index >= 15 is 0 Å². The van der Waals surface area contributed by atoms with Crippen molar-refractivity contribution in [2.45, 2.75) is 85.1 Å². The molecule has 0 spiro atoms. The summed E-state index contributed by atoms with van der Waals surface area (Å²) in [6.07, 6.45) is 9.11. The predicted octanol–water partition coefficient (Wildman–Crippen LogP) is 7.47. The second kappa shape index (κ2) is 14.9. The van der Waals surface area contributed by atoms with Crippen LogP contribution in [0, 0.1) is 0 Å². The van der Waals surface area contributed by atoms with Crippen molar-refractivity contribution >= 4 is 22.0 Å². The third-order valence-electron chi connectivity index (χ3n) is 6.58. The fraction of sp³-hybridized carbons (Fsp3) is 0.571. The van der Waals surface area contributed by atoms with Crippen LogP contribution in [0.5, 0.6) is 5.75 Å². The SMILES string of the molecule is CCC[CH2][Sn]([CH2]CCC)([CH2]CCC)[c]1ccccc1O[C@H](CCNC)c1ccccc1. The number of ether oxygens (including phenoxy) is 1. The van der Waals surface area contributed by atoms with Gasteiger partial charge in [0.05, 0.1) is 0 Å². The second-order valence-electron chi connectivity index (χ2n) is 9.00. The Morgan fingerprint density at radius 2 is 1.32 bits per heavy atom. The van der Waals surface area contributed by atoms with Gasteiger partial charge >= 0.3 is 197 Å². The molecule has 0 aliphatic rings. The molecule has 2 aromatic rings. The van der Waals surface area contributed by atoms with Gasteiger partial charge in [-0.25, -0.2) is 0 Å². The van der Waals surface area contributed by atoms with Crippen molar-refractivity contribution in [1.29, 1.82) is 0 Å². The Hall–Kier alpha value is -1.00. The van der Waals surface area contributed by atoms with Crippen LogP contribution < -0.4 is 13.6 Å². The average molecular weight is 530 g/mol. The molecule has 0 amide bonds. The monoisotopic (exact) mass is 531 g/mol. The van der Waals surface area contributed by atoms with Crippen LogP contribution in [-0.2, 0) is 0 Å². The van der Waals surface area contributed by atoms with Gasteiger partial charge in [0.25, 0.3) is 0 Å². The fourth-order valence-corrected chi connectivity index (χ4v) is 21.2. The zero-order chi connectivity index (χ0) is 22.4. The normalized spacial score (nSPS) is 12.6. The van der Waals surface area contributed by atoms with Gasteiger partial charge in [0.1, 0.15) is 0 Å². The van der Waals surface area contributed by atoms with Gasteiger partial charge in [0.2, 0.25) is 0 Å². The molecule has 0 bridgehead atoms. The minimum absolute atomic E-state index is 0.0994. The molecular formula is C28H45NOSn. The average Bonchev–Trinajstić information content (AvgIpc) is 2.82. The van der Waals surface area contributed by atoms with Crippen LogP contribution in [0.4, 0.5) is 0 Å². The molecular weight excluding hydrogens is 485 g/mol. The number of unbranched alkanes of at least 4 members (excludes halogenated alkanes) is 3. The van der Waals surface area contributed by atoms with E-state index in [1.165, 1.54) is 63.1 Å². The molecule has 0 aromatic heterocycles. The van der Waals surface area contributed by atoms with E-state index in [1.54, 1.807) is 3.58 Å². The van der Waals surface area contributed by atoms with Gasteiger partial charge in [-0.3, -0.25) is 0 Å². The van der Waals surface area contributed by atoms with Crippen LogP contribution in [0.1, 0.15) is 77.4 Å². The van der Waals surface area contributed by atoms with Crippen molar-refractivity contribution in [3.63, 3.8) is 0 Å². The molecule has 2 aromatic carbocycles. The molecule has 0 saturated carbocycles. The van der Waals surface area contributed by atoms with Crippen LogP contribution in [0.2, 0.25) is 13.3 Å². The molecule has 172 valence electrons. The molecule has 0 fully saturated rings. The molecule has 1 atom stereocenters. The summed E-state index contributed by atoms with van der Waals surface area (Å²) in [5.74, 6) is 1.19. The third kappa shape index (κ3) is 8.13. The van der Waals surface area contributed by atoms with Crippen molar-refractivity contribution < 1.29 is 4.74 Å². The summed E-state index contributed by atoms with van der Waals surface area (Å²) in [7, 11) is 2.03. The van der Waals surface area contributed by atoms with Crippen LogP contribution in [0.25, 0.3) is 0 Å². The Morgan fingerprint density at radius 3 is 1.87 bits per heavy atom. The van der Waals surface area contributed by atoms with E-state index in [-0.39, 0.29) is 6.10 Å². The van der Waals surface area contributed by atoms with Crippen LogP contribution in [0.3, 0.4) is 0 Å². The Balaban J connectivity index is 2.43. The molecule has 0 aliphatic heterocycles. The van der Waals surface area contributed by atoms with Crippen molar-refractivity contribution in [3.8, 4) is 5.75 Å². The van der Waals surface area contributed by atoms with Crippen LogP contribution in [0.15, 0.2) is 54.6 Å². The van der Waals surface area contributed by atoms with E-state index in [0.717, 1.165) is 13.0 Å². The third-order valence-corrected chi connectivity index (χ3v) is 22.2. The summed E-state index contributed by atoms with van der Waals surface area (Å²) in [6, 6.07) is 19.9. The maximum absolute atomic E-state index is 6.89. The van der Waals surface area contributed by atoms with Gasteiger partial charge in [0.15, 0.2) is 0 Å². The van der Waals surface area contributed by atoms with Crippen LogP contribution >= 0.6 is 0 Å². The number of para-hydroxylation sites is 1. The van der Waals surface area contributed by atoms with Crippen molar-refractivity contribution in [1.82, 2.24) is 5.32 Å². The second-order valence-corrected chi connectivity index (χ2v) is 22.1. The predicted molar refractivity (Wildman–Crippen MR) is 139 cm³/mol. The summed E-state index contributed by atoms with van der Waals surface area (Å²) >= 11 is -2.56. The summed E-state index contributed by atoms with van der Waals surface area (Å²) in [5.41, 5.74) is 1.28. The molecule has 0 unspecified atom stereocenters. The van der Waals surface area contributed by atoms with Crippen molar-refractivity contribution in [3.05, 3.63) is 60.2 Å². The molecule has 0 radical (unpaired) electrons. The molecule has 2 nitrogen and oxygen atoms in total. The number of hydrogen-bond acceptors (Lipinski definition) is 2. The van der Waals surface area contributed by atoms with Crippen LogP contribution in [-0.4, -0.2) is 32.0 Å². The first-order chi connectivity index (χ1) is 15.2. The fourth-order valence-electron chi connectivity index (χ4n) is 4.72. The first kappa shape index (κ1) is 26.3. The molecule has 3 heteroatoms. The van der Waals surface area contributed by atoms with E-state index < -0.39 is 18.4 Å².